The molecule has 1 aliphatic rings. The third-order valence-electron chi connectivity index (χ3n) is 4.44. The van der Waals surface area contributed by atoms with Crippen molar-refractivity contribution in [1.29, 1.82) is 0 Å². The molecular formula is C17H19F3N4O2. The van der Waals surface area contributed by atoms with E-state index in [0.29, 0.717) is 12.5 Å². The average molecular weight is 368 g/mol. The van der Waals surface area contributed by atoms with Crippen LogP contribution in [0.1, 0.15) is 36.8 Å². The van der Waals surface area contributed by atoms with Crippen LogP contribution in [0.25, 0.3) is 11.3 Å². The van der Waals surface area contributed by atoms with E-state index in [1.807, 2.05) is 0 Å². The van der Waals surface area contributed by atoms with Crippen LogP contribution in [0.3, 0.4) is 0 Å². The van der Waals surface area contributed by atoms with Crippen LogP contribution in [0.15, 0.2) is 18.3 Å². The zero-order chi connectivity index (χ0) is 18.9. The van der Waals surface area contributed by atoms with Crippen LogP contribution in [-0.4, -0.2) is 37.5 Å². The van der Waals surface area contributed by atoms with Crippen molar-refractivity contribution in [3.63, 3.8) is 0 Å². The maximum Gasteiger partial charge on any atom is 0.416 e. The number of aryl methyl sites for hydroxylation is 1. The molecule has 1 saturated carbocycles. The van der Waals surface area contributed by atoms with Crippen LogP contribution in [0, 0.1) is 6.92 Å². The Morgan fingerprint density at radius 1 is 1.19 bits per heavy atom. The van der Waals surface area contributed by atoms with E-state index in [2.05, 4.69) is 20.5 Å². The molecule has 0 aliphatic heterocycles. The van der Waals surface area contributed by atoms with Gasteiger partial charge in [-0.25, -0.2) is 4.98 Å². The Kier molecular flexibility index (Phi) is 4.99. The van der Waals surface area contributed by atoms with E-state index in [9.17, 15) is 23.4 Å². The molecule has 0 unspecified atom stereocenters. The van der Waals surface area contributed by atoms with Gasteiger partial charge >= 0.3 is 6.18 Å². The van der Waals surface area contributed by atoms with Crippen molar-refractivity contribution in [2.24, 2.45) is 0 Å². The second-order valence-corrected chi connectivity index (χ2v) is 6.51. The summed E-state index contributed by atoms with van der Waals surface area (Å²) >= 11 is 0. The van der Waals surface area contributed by atoms with E-state index >= 15 is 0 Å². The molecule has 0 saturated heterocycles. The van der Waals surface area contributed by atoms with Gasteiger partial charge in [-0.3, -0.25) is 0 Å². The summed E-state index contributed by atoms with van der Waals surface area (Å²) in [5, 5.41) is 30.7. The van der Waals surface area contributed by atoms with Crippen molar-refractivity contribution in [1.82, 2.24) is 15.2 Å². The first-order valence-corrected chi connectivity index (χ1v) is 8.29. The molecule has 6 nitrogen and oxygen atoms in total. The van der Waals surface area contributed by atoms with Gasteiger partial charge in [-0.15, -0.1) is 10.2 Å². The fourth-order valence-corrected chi connectivity index (χ4v) is 3.20. The number of aliphatic hydroxyl groups is 1. The molecule has 2 aromatic rings. The number of hydrogen-bond acceptors (Lipinski definition) is 6. The largest absolute Gasteiger partial charge is 0.507 e. The van der Waals surface area contributed by atoms with Crippen LogP contribution in [0.4, 0.5) is 19.1 Å². The number of nitrogens with one attached hydrogen (secondary N) is 1. The number of nitrogens with zero attached hydrogens (tertiary/aromatic N) is 3. The molecule has 1 aromatic heterocycles. The highest BCUT2D eigenvalue weighted by molar-refractivity contribution is 5.70. The topological polar surface area (TPSA) is 91.2 Å². The van der Waals surface area contributed by atoms with Gasteiger partial charge in [0.1, 0.15) is 11.4 Å². The molecule has 0 amide bonds. The fraction of sp³-hybridized carbons (Fsp3) is 0.471. The molecule has 3 rings (SSSR count). The minimum atomic E-state index is -4.54. The molecule has 3 N–H and O–H groups in total. The number of anilines is 1. The van der Waals surface area contributed by atoms with Crippen molar-refractivity contribution < 1.29 is 23.4 Å². The molecule has 1 heterocycles. The number of rotatable bonds is 3. The fourth-order valence-electron chi connectivity index (χ4n) is 3.20. The Labute approximate surface area is 148 Å². The number of aliphatic hydroxyl groups excluding tert-OH is 1. The standard InChI is InChI=1S/C17H19F3N4O2/c1-9-5-10(17(18,19)20)6-14(26)15(9)13-8-21-16(24-23-13)22-11-3-2-4-12(25)7-11/h5-6,8,11-12,25-26H,2-4,7H2,1H3,(H,21,22,24)/t11-,12-/m1/s1. The summed E-state index contributed by atoms with van der Waals surface area (Å²) in [5.41, 5.74) is -0.351. The second-order valence-electron chi connectivity index (χ2n) is 6.51. The van der Waals surface area contributed by atoms with E-state index in [-0.39, 0.29) is 34.9 Å². The van der Waals surface area contributed by atoms with E-state index in [0.717, 1.165) is 25.3 Å². The van der Waals surface area contributed by atoms with Gasteiger partial charge < -0.3 is 15.5 Å². The zero-order valence-electron chi connectivity index (χ0n) is 14.1. The van der Waals surface area contributed by atoms with Gasteiger partial charge in [0.2, 0.25) is 5.95 Å². The van der Waals surface area contributed by atoms with Crippen molar-refractivity contribution in [3.05, 3.63) is 29.5 Å². The zero-order valence-corrected chi connectivity index (χ0v) is 14.1. The molecule has 2 atom stereocenters. The molecule has 0 bridgehead atoms. The lowest BCUT2D eigenvalue weighted by molar-refractivity contribution is -0.137. The quantitative estimate of drug-likeness (QED) is 0.770. The van der Waals surface area contributed by atoms with Crippen LogP contribution < -0.4 is 5.32 Å². The first kappa shape index (κ1) is 18.4. The number of benzene rings is 1. The first-order valence-electron chi connectivity index (χ1n) is 8.29. The first-order chi connectivity index (χ1) is 12.2. The lowest BCUT2D eigenvalue weighted by atomic mass is 9.93. The number of phenols is 1. The number of hydrogen-bond donors (Lipinski definition) is 3. The Bertz CT molecular complexity index is 758. The summed E-state index contributed by atoms with van der Waals surface area (Å²) in [5.74, 6) is -0.249. The van der Waals surface area contributed by atoms with E-state index in [1.54, 1.807) is 0 Å². The molecule has 140 valence electrons. The van der Waals surface area contributed by atoms with Crippen LogP contribution in [0.2, 0.25) is 0 Å². The second kappa shape index (κ2) is 7.06. The van der Waals surface area contributed by atoms with Gasteiger partial charge in [-0.05, 0) is 50.3 Å². The molecule has 1 aromatic carbocycles. The van der Waals surface area contributed by atoms with Crippen molar-refractivity contribution in [3.8, 4) is 17.0 Å². The number of alkyl halides is 3. The van der Waals surface area contributed by atoms with Gasteiger partial charge in [0, 0.05) is 11.6 Å². The van der Waals surface area contributed by atoms with Crippen molar-refractivity contribution >= 4 is 5.95 Å². The van der Waals surface area contributed by atoms with Gasteiger partial charge in [-0.2, -0.15) is 13.2 Å². The molecule has 0 radical (unpaired) electrons. The summed E-state index contributed by atoms with van der Waals surface area (Å²) in [6.45, 7) is 1.46. The summed E-state index contributed by atoms with van der Waals surface area (Å²) in [7, 11) is 0. The molecular weight excluding hydrogens is 349 g/mol. The lowest BCUT2D eigenvalue weighted by Crippen LogP contribution is -2.30. The summed E-state index contributed by atoms with van der Waals surface area (Å²) < 4.78 is 38.4. The molecule has 26 heavy (non-hydrogen) atoms. The van der Waals surface area contributed by atoms with Gasteiger partial charge in [0.05, 0.1) is 17.9 Å². The Morgan fingerprint density at radius 2 is 1.96 bits per heavy atom. The highest BCUT2D eigenvalue weighted by Crippen LogP contribution is 2.38. The third-order valence-corrected chi connectivity index (χ3v) is 4.44. The highest BCUT2D eigenvalue weighted by atomic mass is 19.4. The van der Waals surface area contributed by atoms with Crippen LogP contribution in [0.5, 0.6) is 5.75 Å². The maximum absolute atomic E-state index is 12.8. The van der Waals surface area contributed by atoms with E-state index in [1.165, 1.54) is 13.1 Å². The average Bonchev–Trinajstić information content (AvgIpc) is 2.55. The van der Waals surface area contributed by atoms with Gasteiger partial charge in [-0.1, -0.05) is 0 Å². The molecule has 1 aliphatic carbocycles. The van der Waals surface area contributed by atoms with Gasteiger partial charge in [0.25, 0.3) is 0 Å². The predicted octanol–water partition coefficient (Wildman–Crippen LogP) is 3.29. The number of aromatic nitrogens is 3. The Hall–Kier alpha value is -2.42. The number of halogens is 3. The van der Waals surface area contributed by atoms with E-state index in [4.69, 9.17) is 0 Å². The van der Waals surface area contributed by atoms with E-state index < -0.39 is 17.5 Å². The summed E-state index contributed by atoms with van der Waals surface area (Å²) in [4.78, 5) is 4.13. The molecule has 0 spiro atoms. The van der Waals surface area contributed by atoms with Crippen LogP contribution in [-0.2, 0) is 6.18 Å². The number of phenolic OH excluding ortho intramolecular Hbond substituents is 1. The third kappa shape index (κ3) is 4.04. The van der Waals surface area contributed by atoms with Crippen molar-refractivity contribution in [2.75, 3.05) is 5.32 Å². The van der Waals surface area contributed by atoms with Gasteiger partial charge in [0.15, 0.2) is 0 Å². The lowest BCUT2D eigenvalue weighted by Gasteiger charge is -2.26. The Balaban J connectivity index is 1.80. The molecule has 9 heteroatoms. The minimum Gasteiger partial charge on any atom is -0.507 e. The smallest absolute Gasteiger partial charge is 0.416 e. The Morgan fingerprint density at radius 3 is 2.54 bits per heavy atom. The van der Waals surface area contributed by atoms with Crippen molar-refractivity contribution in [2.45, 2.75) is 50.9 Å². The normalized spacial score (nSPS) is 20.8. The summed E-state index contributed by atoms with van der Waals surface area (Å²) in [6, 6.07) is 1.67. The minimum absolute atomic E-state index is 0.0487. The summed E-state index contributed by atoms with van der Waals surface area (Å²) in [6.07, 6.45) is -0.357. The SMILES string of the molecule is Cc1cc(C(F)(F)F)cc(O)c1-c1cnc(N[C@@H]2CCC[C@@H](O)C2)nn1. The van der Waals surface area contributed by atoms with Crippen LogP contribution >= 0.6 is 0 Å². The molecule has 1 fully saturated rings. The predicted molar refractivity (Wildman–Crippen MR) is 88.6 cm³/mol. The highest BCUT2D eigenvalue weighted by Gasteiger charge is 2.32. The number of aromatic hydroxyl groups is 1. The monoisotopic (exact) mass is 368 g/mol. The maximum atomic E-state index is 12.8.